The van der Waals surface area contributed by atoms with Gasteiger partial charge in [-0.2, -0.15) is 0 Å². The summed E-state index contributed by atoms with van der Waals surface area (Å²) in [5.41, 5.74) is 0. The molecule has 2 aromatic rings. The highest BCUT2D eigenvalue weighted by Crippen LogP contribution is 2.32. The Morgan fingerprint density at radius 3 is 2.76 bits per heavy atom. The highest BCUT2D eigenvalue weighted by molar-refractivity contribution is 9.13. The monoisotopic (exact) mass is 393 g/mol. The van der Waals surface area contributed by atoms with Gasteiger partial charge in [-0.1, -0.05) is 6.07 Å². The van der Waals surface area contributed by atoms with Crippen LogP contribution in [0.1, 0.15) is 16.7 Å². The summed E-state index contributed by atoms with van der Waals surface area (Å²) < 4.78 is 2.31. The number of hydrogen-bond donors (Lipinski definition) is 1. The molecule has 1 atom stereocenters. The molecule has 0 aliphatic rings. The van der Waals surface area contributed by atoms with Crippen LogP contribution in [0.4, 0.5) is 0 Å². The van der Waals surface area contributed by atoms with Crippen molar-refractivity contribution in [2.75, 3.05) is 0 Å². The number of rotatable bonds is 5. The van der Waals surface area contributed by atoms with Crippen LogP contribution in [0.15, 0.2) is 31.8 Å². The Morgan fingerprint density at radius 1 is 1.35 bits per heavy atom. The maximum atomic E-state index is 3.55. The first-order valence-corrected chi connectivity index (χ1v) is 8.63. The Labute approximate surface area is 127 Å². The molecule has 0 aromatic carbocycles. The molecule has 92 valence electrons. The average Bonchev–Trinajstić information content (AvgIpc) is 2.87. The van der Waals surface area contributed by atoms with Crippen molar-refractivity contribution in [3.05, 3.63) is 41.6 Å². The minimum absolute atomic E-state index is 0.508. The summed E-state index contributed by atoms with van der Waals surface area (Å²) in [4.78, 5) is 2.79. The lowest BCUT2D eigenvalue weighted by Gasteiger charge is -2.11. The van der Waals surface area contributed by atoms with Gasteiger partial charge in [-0.05, 0) is 62.7 Å². The zero-order valence-corrected chi connectivity index (χ0v) is 14.2. The van der Waals surface area contributed by atoms with E-state index in [1.165, 1.54) is 13.5 Å². The van der Waals surface area contributed by atoms with E-state index in [4.69, 9.17) is 0 Å². The predicted octanol–water partition coefficient (Wildman–Crippen LogP) is 5.06. The molecule has 1 N–H and O–H groups in total. The van der Waals surface area contributed by atoms with Crippen molar-refractivity contribution in [1.82, 2.24) is 5.32 Å². The highest BCUT2D eigenvalue weighted by atomic mass is 79.9. The van der Waals surface area contributed by atoms with Crippen LogP contribution in [0.2, 0.25) is 0 Å². The van der Waals surface area contributed by atoms with Crippen molar-refractivity contribution in [3.63, 3.8) is 0 Å². The van der Waals surface area contributed by atoms with Gasteiger partial charge in [0.1, 0.15) is 0 Å². The molecule has 1 unspecified atom stereocenters. The van der Waals surface area contributed by atoms with Crippen molar-refractivity contribution in [2.24, 2.45) is 0 Å². The maximum absolute atomic E-state index is 3.55. The molecule has 2 rings (SSSR count). The molecule has 0 saturated carbocycles. The fraction of sp³-hybridized carbons (Fsp3) is 0.333. The van der Waals surface area contributed by atoms with Gasteiger partial charge in [0.25, 0.3) is 0 Å². The summed E-state index contributed by atoms with van der Waals surface area (Å²) in [5.74, 6) is 0. The molecule has 0 amide bonds. The molecular formula is C12H13Br2NS2. The second-order valence-electron chi connectivity index (χ2n) is 3.90. The van der Waals surface area contributed by atoms with Gasteiger partial charge in [-0.25, -0.2) is 0 Å². The maximum Gasteiger partial charge on any atom is 0.0843 e. The van der Waals surface area contributed by atoms with Crippen LogP contribution in [-0.4, -0.2) is 6.04 Å². The molecule has 17 heavy (non-hydrogen) atoms. The molecule has 1 nitrogen and oxygen atoms in total. The molecule has 0 radical (unpaired) electrons. The minimum atomic E-state index is 0.508. The first kappa shape index (κ1) is 13.7. The van der Waals surface area contributed by atoms with E-state index in [-0.39, 0.29) is 0 Å². The lowest BCUT2D eigenvalue weighted by molar-refractivity contribution is 0.552. The van der Waals surface area contributed by atoms with Crippen LogP contribution in [-0.2, 0) is 13.0 Å². The van der Waals surface area contributed by atoms with Crippen LogP contribution in [0.25, 0.3) is 0 Å². The fourth-order valence-corrected chi connectivity index (χ4v) is 4.52. The zero-order chi connectivity index (χ0) is 12.3. The minimum Gasteiger partial charge on any atom is -0.309 e. The number of hydrogen-bond acceptors (Lipinski definition) is 3. The van der Waals surface area contributed by atoms with Gasteiger partial charge in [-0.15, -0.1) is 22.7 Å². The number of halogens is 2. The van der Waals surface area contributed by atoms with Gasteiger partial charge in [0.05, 0.1) is 3.79 Å². The van der Waals surface area contributed by atoms with E-state index in [0.717, 1.165) is 17.4 Å². The SMILES string of the molecule is CC(Cc1cccs1)NCc1cc(Br)c(Br)s1. The Kier molecular flexibility index (Phi) is 5.24. The van der Waals surface area contributed by atoms with Crippen molar-refractivity contribution >= 4 is 54.5 Å². The standard InChI is InChI=1S/C12H13Br2NS2/c1-8(5-9-3-2-4-16-9)15-7-10-6-11(13)12(14)17-10/h2-4,6,8,15H,5,7H2,1H3. The highest BCUT2D eigenvalue weighted by Gasteiger charge is 2.07. The Morgan fingerprint density at radius 2 is 2.18 bits per heavy atom. The largest absolute Gasteiger partial charge is 0.309 e. The van der Waals surface area contributed by atoms with Crippen LogP contribution >= 0.6 is 54.5 Å². The summed E-state index contributed by atoms with van der Waals surface area (Å²) in [6, 6.07) is 6.98. The topological polar surface area (TPSA) is 12.0 Å². The smallest absolute Gasteiger partial charge is 0.0843 e. The Balaban J connectivity index is 1.81. The lowest BCUT2D eigenvalue weighted by Crippen LogP contribution is -2.26. The van der Waals surface area contributed by atoms with Gasteiger partial charge >= 0.3 is 0 Å². The molecular weight excluding hydrogens is 382 g/mol. The van der Waals surface area contributed by atoms with Crippen molar-refractivity contribution in [1.29, 1.82) is 0 Å². The predicted molar refractivity (Wildman–Crippen MR) is 84.0 cm³/mol. The van der Waals surface area contributed by atoms with Gasteiger partial charge in [0.15, 0.2) is 0 Å². The van der Waals surface area contributed by atoms with Crippen LogP contribution in [0, 0.1) is 0 Å². The molecule has 0 saturated heterocycles. The lowest BCUT2D eigenvalue weighted by atomic mass is 10.2. The van der Waals surface area contributed by atoms with E-state index in [9.17, 15) is 0 Å². The van der Waals surface area contributed by atoms with E-state index in [2.05, 4.69) is 67.7 Å². The third kappa shape index (κ3) is 4.17. The Bertz CT molecular complexity index is 445. The van der Waals surface area contributed by atoms with Gasteiger partial charge in [-0.3, -0.25) is 0 Å². The Hall–Kier alpha value is 0.320. The van der Waals surface area contributed by atoms with Crippen molar-refractivity contribution in [2.45, 2.75) is 25.9 Å². The summed E-state index contributed by atoms with van der Waals surface area (Å²) in [7, 11) is 0. The molecule has 2 heterocycles. The van der Waals surface area contributed by atoms with Gasteiger partial charge in [0.2, 0.25) is 0 Å². The second-order valence-corrected chi connectivity index (χ2v) is 8.24. The van der Waals surface area contributed by atoms with Crippen molar-refractivity contribution in [3.8, 4) is 0 Å². The quantitative estimate of drug-likeness (QED) is 0.747. The molecule has 0 aliphatic carbocycles. The first-order chi connectivity index (χ1) is 8.15. The van der Waals surface area contributed by atoms with Gasteiger partial charge < -0.3 is 5.32 Å². The van der Waals surface area contributed by atoms with E-state index in [1.807, 2.05) is 11.3 Å². The third-order valence-corrected chi connectivity index (χ3v) is 6.56. The molecule has 0 fully saturated rings. The second kappa shape index (κ2) is 6.48. The average molecular weight is 395 g/mol. The van der Waals surface area contributed by atoms with E-state index < -0.39 is 0 Å². The number of thiophene rings is 2. The van der Waals surface area contributed by atoms with Crippen LogP contribution in [0.3, 0.4) is 0 Å². The normalized spacial score (nSPS) is 12.9. The summed E-state index contributed by atoms with van der Waals surface area (Å²) in [6.45, 7) is 3.17. The van der Waals surface area contributed by atoms with E-state index >= 15 is 0 Å². The van der Waals surface area contributed by atoms with Crippen LogP contribution < -0.4 is 5.32 Å². The molecule has 0 bridgehead atoms. The molecule has 0 aliphatic heterocycles. The van der Waals surface area contributed by atoms with Gasteiger partial charge in [0, 0.05) is 26.8 Å². The van der Waals surface area contributed by atoms with E-state index in [0.29, 0.717) is 6.04 Å². The van der Waals surface area contributed by atoms with Crippen LogP contribution in [0.5, 0.6) is 0 Å². The first-order valence-electron chi connectivity index (χ1n) is 5.34. The zero-order valence-electron chi connectivity index (χ0n) is 9.37. The summed E-state index contributed by atoms with van der Waals surface area (Å²) in [6.07, 6.45) is 1.10. The van der Waals surface area contributed by atoms with E-state index in [1.54, 1.807) is 11.3 Å². The fourth-order valence-electron chi connectivity index (χ4n) is 1.56. The molecule has 5 heteroatoms. The summed E-state index contributed by atoms with van der Waals surface area (Å²) in [5, 5.41) is 5.69. The summed E-state index contributed by atoms with van der Waals surface area (Å²) >= 11 is 10.6. The molecule has 0 spiro atoms. The third-order valence-electron chi connectivity index (χ3n) is 2.41. The van der Waals surface area contributed by atoms with Crippen molar-refractivity contribution < 1.29 is 0 Å². The number of nitrogens with one attached hydrogen (secondary N) is 1. The molecule has 2 aromatic heterocycles.